The van der Waals surface area contributed by atoms with Crippen LogP contribution in [0.5, 0.6) is 0 Å². The van der Waals surface area contributed by atoms with Crippen molar-refractivity contribution in [2.24, 2.45) is 0 Å². The maximum Gasteiger partial charge on any atom is 0.116 e. The van der Waals surface area contributed by atoms with E-state index in [1.54, 1.807) is 18.6 Å². The number of benzene rings is 1. The number of rotatable bonds is 3. The molecule has 0 aliphatic rings. The van der Waals surface area contributed by atoms with Crippen LogP contribution in [0.4, 0.5) is 0 Å². The van der Waals surface area contributed by atoms with Crippen molar-refractivity contribution in [1.29, 1.82) is 0 Å². The van der Waals surface area contributed by atoms with E-state index in [0.29, 0.717) is 0 Å². The highest BCUT2D eigenvalue weighted by Gasteiger charge is 2.14. The van der Waals surface area contributed by atoms with Gasteiger partial charge in [0.1, 0.15) is 5.69 Å². The molecule has 6 aromatic rings. The number of aromatic amines is 2. The summed E-state index contributed by atoms with van der Waals surface area (Å²) in [4.78, 5) is 16.5. The maximum atomic E-state index is 4.60. The van der Waals surface area contributed by atoms with Crippen LogP contribution in [0.15, 0.2) is 85.6 Å². The summed E-state index contributed by atoms with van der Waals surface area (Å²) in [6, 6.07) is 18.3. The van der Waals surface area contributed by atoms with Gasteiger partial charge >= 0.3 is 0 Å². The van der Waals surface area contributed by atoms with E-state index in [2.05, 4.69) is 60.5 Å². The van der Waals surface area contributed by atoms with Crippen molar-refractivity contribution in [3.8, 4) is 33.8 Å². The number of pyridine rings is 3. The molecule has 1 aromatic carbocycles. The Morgan fingerprint density at radius 1 is 0.633 bits per heavy atom. The molecule has 0 unspecified atom stereocenters. The number of hydrogen-bond acceptors (Lipinski definition) is 4. The van der Waals surface area contributed by atoms with E-state index in [9.17, 15) is 0 Å². The number of aromatic nitrogens is 6. The normalized spacial score (nSPS) is 11.3. The highest BCUT2D eigenvalue weighted by atomic mass is 15.1. The van der Waals surface area contributed by atoms with Gasteiger partial charge in [-0.05, 0) is 48.0 Å². The topological polar surface area (TPSA) is 83.1 Å². The van der Waals surface area contributed by atoms with Crippen LogP contribution >= 0.6 is 0 Å². The lowest BCUT2D eigenvalue weighted by molar-refractivity contribution is 1.12. The van der Waals surface area contributed by atoms with Crippen molar-refractivity contribution >= 4 is 21.8 Å². The molecule has 6 heteroatoms. The zero-order valence-corrected chi connectivity index (χ0v) is 15.9. The molecule has 6 rings (SSSR count). The highest BCUT2D eigenvalue weighted by Crippen LogP contribution is 2.34. The number of nitrogens with zero attached hydrogens (tertiary/aromatic N) is 4. The second-order valence-electron chi connectivity index (χ2n) is 7.11. The Hall–Kier alpha value is -4.32. The second kappa shape index (κ2) is 6.63. The first-order valence-corrected chi connectivity index (χ1v) is 9.64. The summed E-state index contributed by atoms with van der Waals surface area (Å²) in [5.41, 5.74) is 7.98. The van der Waals surface area contributed by atoms with Gasteiger partial charge in [-0.3, -0.25) is 20.1 Å². The molecule has 0 aliphatic heterocycles. The standard InChI is InChI=1S/C24H16N6/c1-2-17(14-26-8-1)16-3-4-21-18(12-16)24(30-29-21)22-13-19-20(28-22)7-11-27-23(19)15-5-9-25-10-6-15/h1-14,28H,(H,29,30). The lowest BCUT2D eigenvalue weighted by Gasteiger charge is -2.01. The molecule has 30 heavy (non-hydrogen) atoms. The summed E-state index contributed by atoms with van der Waals surface area (Å²) < 4.78 is 0. The molecule has 0 amide bonds. The average Bonchev–Trinajstić information content (AvgIpc) is 3.43. The van der Waals surface area contributed by atoms with E-state index in [0.717, 1.165) is 55.6 Å². The minimum absolute atomic E-state index is 0.882. The van der Waals surface area contributed by atoms with Crippen molar-refractivity contribution in [1.82, 2.24) is 30.1 Å². The largest absolute Gasteiger partial charge is 0.353 e. The molecule has 5 heterocycles. The lowest BCUT2D eigenvalue weighted by atomic mass is 10.0. The molecule has 5 aromatic heterocycles. The Bertz CT molecular complexity index is 1480. The number of hydrogen-bond donors (Lipinski definition) is 2. The van der Waals surface area contributed by atoms with Crippen LogP contribution in [0.1, 0.15) is 0 Å². The molecule has 0 spiro atoms. The Labute approximate surface area is 171 Å². The van der Waals surface area contributed by atoms with Crippen molar-refractivity contribution in [3.05, 3.63) is 85.6 Å². The summed E-state index contributed by atoms with van der Waals surface area (Å²) in [5, 5.41) is 9.85. The zero-order chi connectivity index (χ0) is 19.9. The van der Waals surface area contributed by atoms with E-state index in [4.69, 9.17) is 0 Å². The molecule has 0 bridgehead atoms. The second-order valence-corrected chi connectivity index (χ2v) is 7.11. The van der Waals surface area contributed by atoms with Gasteiger partial charge in [-0.15, -0.1) is 0 Å². The Balaban J connectivity index is 1.52. The number of nitrogens with one attached hydrogen (secondary N) is 2. The fourth-order valence-electron chi connectivity index (χ4n) is 3.85. The first-order valence-electron chi connectivity index (χ1n) is 9.64. The Morgan fingerprint density at radius 2 is 1.53 bits per heavy atom. The summed E-state index contributed by atoms with van der Waals surface area (Å²) in [7, 11) is 0. The summed E-state index contributed by atoms with van der Waals surface area (Å²) in [5.74, 6) is 0. The minimum Gasteiger partial charge on any atom is -0.353 e. The smallest absolute Gasteiger partial charge is 0.116 e. The molecule has 2 N–H and O–H groups in total. The van der Waals surface area contributed by atoms with Crippen molar-refractivity contribution in [2.45, 2.75) is 0 Å². The first kappa shape index (κ1) is 16.6. The third kappa shape index (κ3) is 2.66. The average molecular weight is 388 g/mol. The van der Waals surface area contributed by atoms with Crippen LogP contribution in [0.3, 0.4) is 0 Å². The van der Waals surface area contributed by atoms with Gasteiger partial charge in [-0.2, -0.15) is 5.10 Å². The van der Waals surface area contributed by atoms with E-state index in [1.807, 2.05) is 36.7 Å². The van der Waals surface area contributed by atoms with E-state index in [1.165, 1.54) is 0 Å². The molecular formula is C24H16N6. The third-order valence-corrected chi connectivity index (χ3v) is 5.31. The molecule has 0 fully saturated rings. The van der Waals surface area contributed by atoms with Crippen LogP contribution < -0.4 is 0 Å². The molecular weight excluding hydrogens is 372 g/mol. The highest BCUT2D eigenvalue weighted by molar-refractivity contribution is 6.00. The maximum absolute atomic E-state index is 4.60. The predicted octanol–water partition coefficient (Wildman–Crippen LogP) is 5.23. The molecule has 0 saturated heterocycles. The van der Waals surface area contributed by atoms with Gasteiger partial charge in [-0.1, -0.05) is 12.1 Å². The van der Waals surface area contributed by atoms with Gasteiger partial charge < -0.3 is 4.98 Å². The van der Waals surface area contributed by atoms with Gasteiger partial charge in [0, 0.05) is 58.4 Å². The van der Waals surface area contributed by atoms with Crippen molar-refractivity contribution in [2.75, 3.05) is 0 Å². The molecule has 0 atom stereocenters. The van der Waals surface area contributed by atoms with Gasteiger partial charge in [0.25, 0.3) is 0 Å². The SMILES string of the molecule is c1cncc(-c2ccc3[nH]nc(-c4cc5c(-c6ccncc6)nccc5[nH]4)c3c2)c1. The van der Waals surface area contributed by atoms with Gasteiger partial charge in [-0.25, -0.2) is 0 Å². The number of fused-ring (bicyclic) bond motifs is 2. The van der Waals surface area contributed by atoms with E-state index >= 15 is 0 Å². The summed E-state index contributed by atoms with van der Waals surface area (Å²) in [6.07, 6.45) is 9.04. The Kier molecular flexibility index (Phi) is 3.67. The number of H-pyrrole nitrogens is 2. The van der Waals surface area contributed by atoms with Crippen molar-refractivity contribution in [3.63, 3.8) is 0 Å². The fraction of sp³-hybridized carbons (Fsp3) is 0. The van der Waals surface area contributed by atoms with Gasteiger partial charge in [0.05, 0.1) is 16.9 Å². The molecule has 6 nitrogen and oxygen atoms in total. The fourth-order valence-corrected chi connectivity index (χ4v) is 3.85. The summed E-state index contributed by atoms with van der Waals surface area (Å²) >= 11 is 0. The Morgan fingerprint density at radius 3 is 2.40 bits per heavy atom. The van der Waals surface area contributed by atoms with Crippen LogP contribution in [0, 0.1) is 0 Å². The molecule has 0 saturated carbocycles. The lowest BCUT2D eigenvalue weighted by Crippen LogP contribution is -1.84. The van der Waals surface area contributed by atoms with E-state index < -0.39 is 0 Å². The van der Waals surface area contributed by atoms with E-state index in [-0.39, 0.29) is 0 Å². The zero-order valence-electron chi connectivity index (χ0n) is 15.9. The quantitative estimate of drug-likeness (QED) is 0.435. The van der Waals surface area contributed by atoms with Crippen LogP contribution in [-0.2, 0) is 0 Å². The monoisotopic (exact) mass is 388 g/mol. The molecule has 0 aliphatic carbocycles. The van der Waals surface area contributed by atoms with Crippen LogP contribution in [0.2, 0.25) is 0 Å². The molecule has 0 radical (unpaired) electrons. The first-order chi connectivity index (χ1) is 14.9. The summed E-state index contributed by atoms with van der Waals surface area (Å²) in [6.45, 7) is 0. The van der Waals surface area contributed by atoms with Crippen molar-refractivity contribution < 1.29 is 0 Å². The third-order valence-electron chi connectivity index (χ3n) is 5.31. The minimum atomic E-state index is 0.882. The van der Waals surface area contributed by atoms with Crippen LogP contribution in [0.25, 0.3) is 55.6 Å². The van der Waals surface area contributed by atoms with Gasteiger partial charge in [0.2, 0.25) is 0 Å². The van der Waals surface area contributed by atoms with Gasteiger partial charge in [0.15, 0.2) is 0 Å². The molecule has 142 valence electrons. The predicted molar refractivity (Wildman–Crippen MR) is 118 cm³/mol. The van der Waals surface area contributed by atoms with Crippen LogP contribution in [-0.4, -0.2) is 30.1 Å².